The number of hydrogen-bond donors (Lipinski definition) is 0. The van der Waals surface area contributed by atoms with Crippen LogP contribution in [0, 0.1) is 0 Å². The van der Waals surface area contributed by atoms with E-state index in [2.05, 4.69) is 14.2 Å². The first-order chi connectivity index (χ1) is 3.68. The second-order valence-electron chi connectivity index (χ2n) is 0.654. The van der Waals surface area contributed by atoms with Crippen LogP contribution in [0.4, 0.5) is 13.6 Å². The van der Waals surface area contributed by atoms with E-state index in [4.69, 9.17) is 0 Å². The zero-order chi connectivity index (χ0) is 6.62. The summed E-state index contributed by atoms with van der Waals surface area (Å²) < 4.78 is 47.5. The fraction of sp³-hybridized carbons (Fsp3) is 0. The quantitative estimate of drug-likeness (QED) is 0.405. The molecule has 0 aromatic heterocycles. The number of rotatable bonds is 3. The Morgan fingerprint density at radius 1 is 1.11 bits per heavy atom. The van der Waals surface area contributed by atoms with Gasteiger partial charge in [-0.15, -0.1) is 0 Å². The summed E-state index contributed by atoms with van der Waals surface area (Å²) in [4.78, 5) is 0. The Bertz CT molecular complexity index is 91.7. The molecule has 9 heteroatoms. The predicted octanol–water partition coefficient (Wildman–Crippen LogP) is -1.09. The summed E-state index contributed by atoms with van der Waals surface area (Å²) in [5.74, 6) is 0. The van der Waals surface area contributed by atoms with Crippen LogP contribution in [0.15, 0.2) is 0 Å². The molecular formula is HF3NaO4P. The van der Waals surface area contributed by atoms with E-state index < -0.39 is 7.82 Å². The first-order valence-electron chi connectivity index (χ1n) is 1.19. The van der Waals surface area contributed by atoms with Crippen LogP contribution < -0.4 is 29.6 Å². The molecule has 0 aliphatic carbocycles. The maximum absolute atomic E-state index is 10.5. The molecule has 0 saturated heterocycles. The Hall–Kier alpha value is 0.900. The Morgan fingerprint density at radius 3 is 1.33 bits per heavy atom. The molecule has 0 atom stereocenters. The Morgan fingerprint density at radius 2 is 1.33 bits per heavy atom. The van der Waals surface area contributed by atoms with Crippen LogP contribution in [0.5, 0.6) is 0 Å². The molecule has 0 saturated carbocycles. The molecule has 0 rings (SSSR count). The van der Waals surface area contributed by atoms with Crippen molar-refractivity contribution in [3.05, 3.63) is 0 Å². The van der Waals surface area contributed by atoms with Gasteiger partial charge in [0.05, 0.1) is 0 Å². The molecule has 0 bridgehead atoms. The molecule has 9 heavy (non-hydrogen) atoms. The van der Waals surface area contributed by atoms with Gasteiger partial charge < -0.3 is 1.43 Å². The monoisotopic (exact) mass is 176 g/mol. The minimum atomic E-state index is -5.16. The van der Waals surface area contributed by atoms with Crippen molar-refractivity contribution in [3.8, 4) is 0 Å². The van der Waals surface area contributed by atoms with Crippen molar-refractivity contribution in [1.29, 1.82) is 0 Å². The zero-order valence-corrected chi connectivity index (χ0v) is 7.11. The van der Waals surface area contributed by atoms with E-state index in [1.807, 2.05) is 0 Å². The summed E-state index contributed by atoms with van der Waals surface area (Å²) >= 11 is 0. The van der Waals surface area contributed by atoms with E-state index in [1.165, 1.54) is 0 Å². The van der Waals surface area contributed by atoms with Crippen molar-refractivity contribution in [3.63, 3.8) is 0 Å². The van der Waals surface area contributed by atoms with E-state index in [9.17, 15) is 18.1 Å². The van der Waals surface area contributed by atoms with Gasteiger partial charge in [-0.2, -0.15) is 0 Å². The van der Waals surface area contributed by atoms with Crippen LogP contribution >= 0.6 is 7.82 Å². The Labute approximate surface area is 71.4 Å². The van der Waals surface area contributed by atoms with Crippen molar-refractivity contribution in [2.24, 2.45) is 0 Å². The molecular weight excluding hydrogens is 175 g/mol. The van der Waals surface area contributed by atoms with Crippen LogP contribution in [0.25, 0.3) is 0 Å². The fourth-order valence-electron chi connectivity index (χ4n) is 0.0319. The summed E-state index contributed by atoms with van der Waals surface area (Å²) in [5, 5.41) is 0. The summed E-state index contributed by atoms with van der Waals surface area (Å²) in [6.45, 7) is 0. The average Bonchev–Trinajstić information content (AvgIpc) is 1.87. The van der Waals surface area contributed by atoms with E-state index >= 15 is 0 Å². The Balaban J connectivity index is -0.000000245. The molecule has 0 aliphatic rings. The number of hydrogen-bond acceptors (Lipinski definition) is 4. The molecule has 0 radical (unpaired) electrons. The maximum Gasteiger partial charge on any atom is 1.00 e. The van der Waals surface area contributed by atoms with Gasteiger partial charge in [0.2, 0.25) is 0 Å². The average molecular weight is 176 g/mol. The van der Waals surface area contributed by atoms with E-state index in [-0.39, 0.29) is 31.0 Å². The fourth-order valence-corrected chi connectivity index (χ4v) is 0.0958. The molecule has 0 unspecified atom stereocenters. The second-order valence-corrected chi connectivity index (χ2v) is 1.96. The van der Waals surface area contributed by atoms with Gasteiger partial charge in [-0.05, 0) is 13.6 Å². The molecule has 0 aromatic rings. The minimum Gasteiger partial charge on any atom is -1.00 e. The standard InChI is InChI=1S/F3O4P.Na.H/c1-5-8(4,6-2)7-3;;/q;+1;-1. The summed E-state index contributed by atoms with van der Waals surface area (Å²) in [6, 6.07) is 0. The van der Waals surface area contributed by atoms with Gasteiger partial charge in [0.25, 0.3) is 0 Å². The SMILES string of the molecule is O=P(OF)(OF)OF.[H-].[Na+]. The molecule has 0 amide bonds. The van der Waals surface area contributed by atoms with Crippen molar-refractivity contribution < 1.29 is 63.3 Å². The van der Waals surface area contributed by atoms with Gasteiger partial charge in [-0.1, -0.05) is 14.2 Å². The number of halogens is 3. The molecule has 0 aromatic carbocycles. The van der Waals surface area contributed by atoms with Gasteiger partial charge >= 0.3 is 37.4 Å². The molecule has 0 spiro atoms. The van der Waals surface area contributed by atoms with Gasteiger partial charge in [0.15, 0.2) is 0 Å². The molecule has 0 fully saturated rings. The van der Waals surface area contributed by atoms with Gasteiger partial charge in [-0.25, -0.2) is 4.57 Å². The van der Waals surface area contributed by atoms with Crippen LogP contribution in [-0.2, 0) is 18.8 Å². The topological polar surface area (TPSA) is 44.8 Å². The minimum absolute atomic E-state index is 0. The van der Waals surface area contributed by atoms with Gasteiger partial charge in [0.1, 0.15) is 0 Å². The molecule has 52 valence electrons. The third kappa shape index (κ3) is 4.32. The molecule has 0 aliphatic heterocycles. The van der Waals surface area contributed by atoms with Crippen molar-refractivity contribution in [2.75, 3.05) is 0 Å². The van der Waals surface area contributed by atoms with Crippen LogP contribution in [0.3, 0.4) is 0 Å². The first-order valence-corrected chi connectivity index (χ1v) is 2.65. The van der Waals surface area contributed by atoms with Gasteiger partial charge in [0, 0.05) is 0 Å². The second kappa shape index (κ2) is 5.67. The summed E-state index contributed by atoms with van der Waals surface area (Å²) in [7, 11) is -5.16. The summed E-state index contributed by atoms with van der Waals surface area (Å²) in [5.41, 5.74) is 0. The normalized spacial score (nSPS) is 10.6. The van der Waals surface area contributed by atoms with Crippen molar-refractivity contribution >= 4 is 7.82 Å². The third-order valence-corrected chi connectivity index (χ3v) is 0.761. The maximum atomic E-state index is 10.5. The zero-order valence-electron chi connectivity index (χ0n) is 5.21. The van der Waals surface area contributed by atoms with Crippen LogP contribution in [0.2, 0.25) is 0 Å². The van der Waals surface area contributed by atoms with Crippen LogP contribution in [0.1, 0.15) is 1.43 Å². The number of phosphoric acid groups is 1. The first kappa shape index (κ1) is 12.6. The van der Waals surface area contributed by atoms with E-state index in [0.717, 1.165) is 0 Å². The summed E-state index contributed by atoms with van der Waals surface area (Å²) in [6.07, 6.45) is 0. The molecule has 4 nitrogen and oxygen atoms in total. The van der Waals surface area contributed by atoms with Crippen molar-refractivity contribution in [2.45, 2.75) is 0 Å². The van der Waals surface area contributed by atoms with E-state index in [0.29, 0.717) is 0 Å². The molecule has 0 N–H and O–H groups in total. The smallest absolute Gasteiger partial charge is 1.00 e. The predicted molar refractivity (Wildman–Crippen MR) is 15.3 cm³/mol. The van der Waals surface area contributed by atoms with E-state index in [1.54, 1.807) is 0 Å². The third-order valence-electron chi connectivity index (χ3n) is 0.254. The largest absolute Gasteiger partial charge is 1.00 e. The Kier molecular flexibility index (Phi) is 7.91. The molecule has 0 heterocycles. The van der Waals surface area contributed by atoms with Gasteiger partial charge in [-0.3, -0.25) is 0 Å². The van der Waals surface area contributed by atoms with Crippen molar-refractivity contribution in [1.82, 2.24) is 0 Å². The van der Waals surface area contributed by atoms with Crippen LogP contribution in [-0.4, -0.2) is 0 Å².